The first-order valence-electron chi connectivity index (χ1n) is 12.6. The maximum atomic E-state index is 13.4. The van der Waals surface area contributed by atoms with Gasteiger partial charge in [-0.05, 0) is 30.2 Å². The summed E-state index contributed by atoms with van der Waals surface area (Å²) in [6, 6.07) is 29.8. The predicted octanol–water partition coefficient (Wildman–Crippen LogP) is 4.44. The number of rotatable bonds is 7. The molecule has 0 unspecified atom stereocenters. The summed E-state index contributed by atoms with van der Waals surface area (Å²) in [4.78, 5) is 27.6. The van der Waals surface area contributed by atoms with Crippen LogP contribution in [0.5, 0.6) is 0 Å². The van der Waals surface area contributed by atoms with Crippen LogP contribution in [0.4, 0.5) is 5.82 Å². The molecular formula is C30H30N6O. The number of piperazine rings is 1. The number of nitrogens with one attached hydrogen (secondary N) is 1. The fraction of sp³-hybridized carbons (Fsp3) is 0.267. The molecule has 186 valence electrons. The standard InChI is InChI=1S/C30H30N6O/c1-22(24-12-6-3-7-13-24)32-30(37)25(20-31)28-29(34-27-15-9-8-14-26(27)33-28)36-18-16-35(17-19-36)21-23-10-4-2-5-11-23/h2-15,22,25H,16-19,21H2,1H3,(H,32,37)/t22-,25+/m0/s1. The van der Waals surface area contributed by atoms with Crippen LogP contribution in [0.2, 0.25) is 0 Å². The minimum atomic E-state index is -1.07. The van der Waals surface area contributed by atoms with Crippen molar-refractivity contribution in [2.45, 2.75) is 25.4 Å². The summed E-state index contributed by atoms with van der Waals surface area (Å²) in [5.74, 6) is -0.819. The first-order chi connectivity index (χ1) is 18.1. The SMILES string of the molecule is C[C@H](NC(=O)[C@H](C#N)c1nc2ccccc2nc1N1CCN(Cc2ccccc2)CC1)c1ccccc1. The van der Waals surface area contributed by atoms with Gasteiger partial charge in [0.15, 0.2) is 11.7 Å². The zero-order valence-corrected chi connectivity index (χ0v) is 20.9. The largest absolute Gasteiger partial charge is 0.352 e. The van der Waals surface area contributed by atoms with Crippen molar-refractivity contribution in [3.8, 4) is 6.07 Å². The van der Waals surface area contributed by atoms with E-state index in [1.165, 1.54) is 5.56 Å². The molecule has 0 bridgehead atoms. The topological polar surface area (TPSA) is 85.1 Å². The molecule has 1 fully saturated rings. The fourth-order valence-electron chi connectivity index (χ4n) is 4.76. The molecule has 1 aliphatic rings. The molecule has 0 radical (unpaired) electrons. The number of fused-ring (bicyclic) bond motifs is 1. The number of benzene rings is 3. The van der Waals surface area contributed by atoms with E-state index in [4.69, 9.17) is 9.97 Å². The van der Waals surface area contributed by atoms with Crippen LogP contribution in [0.3, 0.4) is 0 Å². The van der Waals surface area contributed by atoms with Gasteiger partial charge in [-0.25, -0.2) is 9.97 Å². The van der Waals surface area contributed by atoms with E-state index in [1.54, 1.807) is 0 Å². The van der Waals surface area contributed by atoms with Crippen molar-refractivity contribution < 1.29 is 4.79 Å². The molecule has 3 aromatic carbocycles. The van der Waals surface area contributed by atoms with Gasteiger partial charge < -0.3 is 10.2 Å². The molecule has 2 atom stereocenters. The van der Waals surface area contributed by atoms with Crippen molar-refractivity contribution in [2.75, 3.05) is 31.1 Å². The Morgan fingerprint density at radius 3 is 2.14 bits per heavy atom. The number of hydrogen-bond donors (Lipinski definition) is 1. The summed E-state index contributed by atoms with van der Waals surface area (Å²) < 4.78 is 0. The Hall–Kier alpha value is -4.28. The lowest BCUT2D eigenvalue weighted by molar-refractivity contribution is -0.122. The van der Waals surface area contributed by atoms with Crippen LogP contribution in [0.1, 0.15) is 35.7 Å². The van der Waals surface area contributed by atoms with E-state index in [-0.39, 0.29) is 11.9 Å². The van der Waals surface area contributed by atoms with Gasteiger partial charge in [0.05, 0.1) is 23.1 Å². The number of anilines is 1. The van der Waals surface area contributed by atoms with Crippen molar-refractivity contribution in [2.24, 2.45) is 0 Å². The Morgan fingerprint density at radius 2 is 1.49 bits per heavy atom. The summed E-state index contributed by atoms with van der Waals surface area (Å²) in [6.45, 7) is 6.01. The van der Waals surface area contributed by atoms with Crippen molar-refractivity contribution >= 4 is 22.8 Å². The maximum absolute atomic E-state index is 13.4. The lowest BCUT2D eigenvalue weighted by Gasteiger charge is -2.36. The van der Waals surface area contributed by atoms with Crippen molar-refractivity contribution in [1.29, 1.82) is 5.26 Å². The molecule has 1 amide bonds. The molecule has 7 nitrogen and oxygen atoms in total. The van der Waals surface area contributed by atoms with Gasteiger partial charge in [0.1, 0.15) is 5.69 Å². The summed E-state index contributed by atoms with van der Waals surface area (Å²) in [6.07, 6.45) is 0. The molecule has 1 N–H and O–H groups in total. The molecule has 37 heavy (non-hydrogen) atoms. The number of carbonyl (C=O) groups is 1. The molecule has 0 spiro atoms. The summed E-state index contributed by atoms with van der Waals surface area (Å²) in [5.41, 5.74) is 4.11. The van der Waals surface area contributed by atoms with Crippen molar-refractivity contribution in [3.05, 3.63) is 102 Å². The summed E-state index contributed by atoms with van der Waals surface area (Å²) in [5, 5.41) is 13.1. The van der Waals surface area contributed by atoms with Gasteiger partial charge in [0, 0.05) is 32.7 Å². The Balaban J connectivity index is 1.39. The van der Waals surface area contributed by atoms with Gasteiger partial charge in [-0.3, -0.25) is 9.69 Å². The van der Waals surface area contributed by atoms with Gasteiger partial charge in [-0.15, -0.1) is 0 Å². The predicted molar refractivity (Wildman–Crippen MR) is 145 cm³/mol. The highest BCUT2D eigenvalue weighted by Crippen LogP contribution is 2.29. The third-order valence-corrected chi connectivity index (χ3v) is 6.82. The highest BCUT2D eigenvalue weighted by atomic mass is 16.2. The number of para-hydroxylation sites is 2. The van der Waals surface area contributed by atoms with Crippen molar-refractivity contribution in [3.63, 3.8) is 0 Å². The van der Waals surface area contributed by atoms with Crippen LogP contribution in [0.15, 0.2) is 84.9 Å². The Labute approximate surface area is 217 Å². The van der Waals surface area contributed by atoms with E-state index < -0.39 is 5.92 Å². The lowest BCUT2D eigenvalue weighted by atomic mass is 10.0. The monoisotopic (exact) mass is 490 g/mol. The molecule has 0 aliphatic carbocycles. The number of amides is 1. The van der Waals surface area contributed by atoms with Gasteiger partial charge in [-0.1, -0.05) is 72.8 Å². The lowest BCUT2D eigenvalue weighted by Crippen LogP contribution is -2.47. The van der Waals surface area contributed by atoms with Crippen LogP contribution in [0, 0.1) is 11.3 Å². The second kappa shape index (κ2) is 11.2. The smallest absolute Gasteiger partial charge is 0.244 e. The number of hydrogen-bond acceptors (Lipinski definition) is 6. The maximum Gasteiger partial charge on any atom is 0.244 e. The van der Waals surface area contributed by atoms with Crippen LogP contribution in [0.25, 0.3) is 11.0 Å². The first kappa shape index (κ1) is 24.4. The second-order valence-electron chi connectivity index (χ2n) is 9.37. The highest BCUT2D eigenvalue weighted by molar-refractivity contribution is 5.89. The number of nitriles is 1. The third-order valence-electron chi connectivity index (χ3n) is 6.82. The van der Waals surface area contributed by atoms with Crippen LogP contribution < -0.4 is 10.2 Å². The molecule has 1 aliphatic heterocycles. The third kappa shape index (κ3) is 5.60. The van der Waals surface area contributed by atoms with Gasteiger partial charge in [0.2, 0.25) is 5.91 Å². The van der Waals surface area contributed by atoms with Crippen LogP contribution in [-0.2, 0) is 11.3 Å². The van der Waals surface area contributed by atoms with E-state index in [9.17, 15) is 10.1 Å². The van der Waals surface area contributed by atoms with Gasteiger partial charge >= 0.3 is 0 Å². The zero-order chi connectivity index (χ0) is 25.6. The molecule has 1 saturated heterocycles. The Bertz CT molecular complexity index is 1390. The van der Waals surface area contributed by atoms with Gasteiger partial charge in [0.25, 0.3) is 0 Å². The molecule has 2 heterocycles. The minimum absolute atomic E-state index is 0.233. The molecular weight excluding hydrogens is 460 g/mol. The number of carbonyl (C=O) groups excluding carboxylic acids is 1. The van der Waals surface area contributed by atoms with E-state index >= 15 is 0 Å². The molecule has 5 rings (SSSR count). The van der Waals surface area contributed by atoms with Crippen LogP contribution in [-0.4, -0.2) is 47.0 Å². The quantitative estimate of drug-likeness (QED) is 0.412. The summed E-state index contributed by atoms with van der Waals surface area (Å²) in [7, 11) is 0. The average Bonchev–Trinajstić information content (AvgIpc) is 2.94. The van der Waals surface area contributed by atoms with Crippen molar-refractivity contribution in [1.82, 2.24) is 20.2 Å². The molecule has 1 aromatic heterocycles. The van der Waals surface area contributed by atoms with E-state index in [1.807, 2.05) is 67.6 Å². The Morgan fingerprint density at radius 1 is 0.892 bits per heavy atom. The zero-order valence-electron chi connectivity index (χ0n) is 20.9. The Kier molecular flexibility index (Phi) is 7.38. The fourth-order valence-corrected chi connectivity index (χ4v) is 4.76. The molecule has 4 aromatic rings. The number of aromatic nitrogens is 2. The molecule has 7 heteroatoms. The van der Waals surface area contributed by atoms with E-state index in [0.717, 1.165) is 43.8 Å². The van der Waals surface area contributed by atoms with Crippen LogP contribution >= 0.6 is 0 Å². The average molecular weight is 491 g/mol. The second-order valence-corrected chi connectivity index (χ2v) is 9.37. The normalized spacial score (nSPS) is 15.6. The molecule has 0 saturated carbocycles. The van der Waals surface area contributed by atoms with E-state index in [2.05, 4.69) is 45.5 Å². The minimum Gasteiger partial charge on any atom is -0.352 e. The summed E-state index contributed by atoms with van der Waals surface area (Å²) >= 11 is 0. The van der Waals surface area contributed by atoms with Gasteiger partial charge in [-0.2, -0.15) is 5.26 Å². The van der Waals surface area contributed by atoms with E-state index in [0.29, 0.717) is 17.0 Å². The highest BCUT2D eigenvalue weighted by Gasteiger charge is 2.31. The number of nitrogens with zero attached hydrogens (tertiary/aromatic N) is 5. The first-order valence-corrected chi connectivity index (χ1v) is 12.6.